The van der Waals surface area contributed by atoms with Crippen LogP contribution in [0.15, 0.2) is 82.6 Å². The first kappa shape index (κ1) is 24.8. The van der Waals surface area contributed by atoms with Gasteiger partial charge in [-0.05, 0) is 61.9 Å². The molecule has 0 aliphatic rings. The monoisotopic (exact) mass is 470 g/mol. The van der Waals surface area contributed by atoms with Gasteiger partial charge in [-0.25, -0.2) is 9.98 Å². The molecule has 0 aliphatic carbocycles. The standard InChI is InChI=1S/C25H25F3N4O2/c1-15(31-20-11-7-18(8-12-20)22-14-30-16(2)34-22)32-23(24(3,4)33)13-21(29)17-5-9-19(10-6-17)25(26,27)28/h5-14,31,33H,1,29H2,2-4H3/b21-13-,32-23?. The van der Waals surface area contributed by atoms with Gasteiger partial charge < -0.3 is 20.6 Å². The van der Waals surface area contributed by atoms with Crippen molar-refractivity contribution in [1.29, 1.82) is 0 Å². The van der Waals surface area contributed by atoms with Gasteiger partial charge in [-0.2, -0.15) is 13.2 Å². The Balaban J connectivity index is 1.78. The molecule has 0 saturated heterocycles. The van der Waals surface area contributed by atoms with Crippen LogP contribution in [0.25, 0.3) is 17.0 Å². The summed E-state index contributed by atoms with van der Waals surface area (Å²) in [5.74, 6) is 1.45. The summed E-state index contributed by atoms with van der Waals surface area (Å²) >= 11 is 0. The summed E-state index contributed by atoms with van der Waals surface area (Å²) in [6, 6.07) is 11.7. The molecule has 178 valence electrons. The number of rotatable bonds is 7. The number of anilines is 1. The Morgan fingerprint density at radius 1 is 1.12 bits per heavy atom. The Morgan fingerprint density at radius 2 is 1.74 bits per heavy atom. The number of aliphatic imine (C=N–C) groups is 1. The zero-order valence-corrected chi connectivity index (χ0v) is 18.9. The minimum Gasteiger partial charge on any atom is -0.441 e. The highest BCUT2D eigenvalue weighted by Crippen LogP contribution is 2.30. The maximum Gasteiger partial charge on any atom is 0.416 e. The van der Waals surface area contributed by atoms with E-state index in [1.807, 2.05) is 24.3 Å². The number of nitrogens with one attached hydrogen (secondary N) is 1. The van der Waals surface area contributed by atoms with Crippen LogP contribution in [-0.2, 0) is 6.18 Å². The third-order valence-corrected chi connectivity index (χ3v) is 4.80. The zero-order chi connectivity index (χ0) is 25.1. The van der Waals surface area contributed by atoms with Crippen LogP contribution in [0.2, 0.25) is 0 Å². The van der Waals surface area contributed by atoms with Crippen molar-refractivity contribution in [2.75, 3.05) is 5.32 Å². The van der Waals surface area contributed by atoms with Crippen LogP contribution in [0.5, 0.6) is 0 Å². The lowest BCUT2D eigenvalue weighted by molar-refractivity contribution is -0.137. The van der Waals surface area contributed by atoms with Crippen molar-refractivity contribution >= 4 is 17.1 Å². The first-order valence-electron chi connectivity index (χ1n) is 10.3. The number of aromatic nitrogens is 1. The molecule has 0 radical (unpaired) electrons. The summed E-state index contributed by atoms with van der Waals surface area (Å²) < 4.78 is 43.9. The Labute approximate surface area is 195 Å². The SMILES string of the molecule is C=C(N=C(/C=C(\N)c1ccc(C(F)(F)F)cc1)C(C)(C)O)Nc1ccc(-c2cnc(C)o2)cc1. The molecule has 4 N–H and O–H groups in total. The fourth-order valence-electron chi connectivity index (χ4n) is 2.98. The van der Waals surface area contributed by atoms with E-state index in [-0.39, 0.29) is 17.2 Å². The molecule has 3 aromatic rings. The summed E-state index contributed by atoms with van der Waals surface area (Å²) in [6.45, 7) is 8.67. The van der Waals surface area contributed by atoms with Gasteiger partial charge in [0.1, 0.15) is 11.4 Å². The minimum absolute atomic E-state index is 0.147. The Morgan fingerprint density at radius 3 is 2.24 bits per heavy atom. The number of nitrogens with two attached hydrogens (primary N) is 1. The van der Waals surface area contributed by atoms with E-state index in [9.17, 15) is 18.3 Å². The molecular formula is C25H25F3N4O2. The van der Waals surface area contributed by atoms with Crippen LogP contribution in [0.1, 0.15) is 30.9 Å². The fourth-order valence-corrected chi connectivity index (χ4v) is 2.98. The van der Waals surface area contributed by atoms with Crippen LogP contribution >= 0.6 is 0 Å². The molecule has 6 nitrogen and oxygen atoms in total. The second-order valence-corrected chi connectivity index (χ2v) is 8.12. The number of oxazole rings is 1. The van der Waals surface area contributed by atoms with Crippen molar-refractivity contribution < 1.29 is 22.7 Å². The van der Waals surface area contributed by atoms with Gasteiger partial charge in [0.25, 0.3) is 0 Å². The second kappa shape index (κ2) is 9.56. The number of benzene rings is 2. The normalized spacial score (nSPS) is 13.1. The smallest absolute Gasteiger partial charge is 0.416 e. The summed E-state index contributed by atoms with van der Waals surface area (Å²) in [5, 5.41) is 13.6. The molecule has 0 spiro atoms. The molecule has 0 saturated carbocycles. The molecule has 2 aromatic carbocycles. The number of aryl methyl sites for hydroxylation is 1. The molecule has 0 amide bonds. The fraction of sp³-hybridized carbons (Fsp3) is 0.200. The predicted octanol–water partition coefficient (Wildman–Crippen LogP) is 5.76. The van der Waals surface area contributed by atoms with Crippen LogP contribution in [0.4, 0.5) is 18.9 Å². The van der Waals surface area contributed by atoms with Crippen molar-refractivity contribution in [3.8, 4) is 11.3 Å². The highest BCUT2D eigenvalue weighted by atomic mass is 19.4. The molecule has 0 unspecified atom stereocenters. The van der Waals surface area contributed by atoms with Crippen LogP contribution in [-0.4, -0.2) is 21.4 Å². The van der Waals surface area contributed by atoms with Crippen molar-refractivity contribution in [2.24, 2.45) is 10.7 Å². The highest BCUT2D eigenvalue weighted by Gasteiger charge is 2.30. The maximum atomic E-state index is 12.8. The van der Waals surface area contributed by atoms with Crippen LogP contribution in [0.3, 0.4) is 0 Å². The Bertz CT molecular complexity index is 1220. The highest BCUT2D eigenvalue weighted by molar-refractivity contribution is 6.06. The number of hydrogen-bond acceptors (Lipinski definition) is 6. The average Bonchev–Trinajstić information content (AvgIpc) is 3.19. The number of aliphatic hydroxyl groups is 1. The lowest BCUT2D eigenvalue weighted by Crippen LogP contribution is -2.30. The molecule has 1 heterocycles. The third-order valence-electron chi connectivity index (χ3n) is 4.80. The summed E-state index contributed by atoms with van der Waals surface area (Å²) in [6.07, 6.45) is -1.39. The summed E-state index contributed by atoms with van der Waals surface area (Å²) in [5.41, 5.74) is 6.14. The Kier molecular flexibility index (Phi) is 6.97. The second-order valence-electron chi connectivity index (χ2n) is 8.12. The quantitative estimate of drug-likeness (QED) is 0.381. The maximum absolute atomic E-state index is 12.8. The van der Waals surface area contributed by atoms with Crippen LogP contribution < -0.4 is 11.1 Å². The Hall–Kier alpha value is -3.85. The number of alkyl halides is 3. The topological polar surface area (TPSA) is 96.7 Å². The number of nitrogens with zero attached hydrogens (tertiary/aromatic N) is 2. The van der Waals surface area contributed by atoms with Gasteiger partial charge in [-0.1, -0.05) is 18.7 Å². The van der Waals surface area contributed by atoms with E-state index in [1.54, 1.807) is 13.1 Å². The molecule has 3 rings (SSSR count). The molecule has 0 fully saturated rings. The van der Waals surface area contributed by atoms with Crippen LogP contribution in [0, 0.1) is 6.92 Å². The van der Waals surface area contributed by atoms with E-state index in [1.165, 1.54) is 32.1 Å². The number of hydrogen-bond donors (Lipinski definition) is 3. The van der Waals surface area contributed by atoms with Gasteiger partial charge >= 0.3 is 6.18 Å². The zero-order valence-electron chi connectivity index (χ0n) is 18.9. The van der Waals surface area contributed by atoms with E-state index < -0.39 is 17.3 Å². The van der Waals surface area contributed by atoms with Crippen molar-refractivity contribution in [3.63, 3.8) is 0 Å². The van der Waals surface area contributed by atoms with Crippen molar-refractivity contribution in [2.45, 2.75) is 32.5 Å². The molecule has 34 heavy (non-hydrogen) atoms. The third kappa shape index (κ3) is 6.35. The molecule has 0 atom stereocenters. The molecule has 0 aliphatic heterocycles. The lowest BCUT2D eigenvalue weighted by atomic mass is 9.99. The van der Waals surface area contributed by atoms with Gasteiger partial charge in [-0.3, -0.25) is 0 Å². The molecule has 9 heteroatoms. The minimum atomic E-state index is -4.44. The first-order chi connectivity index (χ1) is 15.8. The van der Waals surface area contributed by atoms with Gasteiger partial charge in [0.05, 0.1) is 17.5 Å². The number of halogens is 3. The average molecular weight is 470 g/mol. The molecule has 1 aromatic heterocycles. The molecular weight excluding hydrogens is 445 g/mol. The van der Waals surface area contributed by atoms with Gasteiger partial charge in [0.2, 0.25) is 0 Å². The van der Waals surface area contributed by atoms with E-state index >= 15 is 0 Å². The van der Waals surface area contributed by atoms with Gasteiger partial charge in [0, 0.05) is 23.9 Å². The predicted molar refractivity (Wildman–Crippen MR) is 127 cm³/mol. The summed E-state index contributed by atoms with van der Waals surface area (Å²) in [4.78, 5) is 8.42. The summed E-state index contributed by atoms with van der Waals surface area (Å²) in [7, 11) is 0. The van der Waals surface area contributed by atoms with Crippen molar-refractivity contribution in [3.05, 3.63) is 90.2 Å². The van der Waals surface area contributed by atoms with Gasteiger partial charge in [0.15, 0.2) is 11.7 Å². The van der Waals surface area contributed by atoms with E-state index in [2.05, 4.69) is 21.9 Å². The largest absolute Gasteiger partial charge is 0.441 e. The van der Waals surface area contributed by atoms with Gasteiger partial charge in [-0.15, -0.1) is 0 Å². The van der Waals surface area contributed by atoms with E-state index in [0.717, 1.165) is 17.7 Å². The first-order valence-corrected chi connectivity index (χ1v) is 10.3. The van der Waals surface area contributed by atoms with E-state index in [4.69, 9.17) is 10.2 Å². The molecule has 0 bridgehead atoms. The van der Waals surface area contributed by atoms with E-state index in [0.29, 0.717) is 22.9 Å². The van der Waals surface area contributed by atoms with Crippen molar-refractivity contribution in [1.82, 2.24) is 4.98 Å². The lowest BCUT2D eigenvalue weighted by Gasteiger charge is -2.19.